The minimum absolute atomic E-state index is 0.780. The summed E-state index contributed by atoms with van der Waals surface area (Å²) < 4.78 is 1.90. The first-order valence-electron chi connectivity index (χ1n) is 2.89. The number of anilines is 1. The fraction of sp³-hybridized carbons (Fsp3) is 0. The van der Waals surface area contributed by atoms with Crippen molar-refractivity contribution in [2.75, 3.05) is 5.73 Å². The van der Waals surface area contributed by atoms with Crippen LogP contribution < -0.4 is 5.73 Å². The molecule has 3 nitrogen and oxygen atoms in total. The number of nitrogens with zero attached hydrogens (tertiary/aromatic N) is 1. The number of aromatic nitrogens is 2. The third kappa shape index (κ3) is 0.650. The molecule has 4 heteroatoms. The van der Waals surface area contributed by atoms with Gasteiger partial charge in [0.1, 0.15) is 11.5 Å². The minimum Gasteiger partial charge on any atom is -0.384 e. The van der Waals surface area contributed by atoms with Gasteiger partial charge in [-0.1, -0.05) is 0 Å². The van der Waals surface area contributed by atoms with Crippen LogP contribution >= 0.6 is 22.9 Å². The molecule has 52 valence electrons. The van der Waals surface area contributed by atoms with Gasteiger partial charge in [0.25, 0.3) is 0 Å². The summed E-state index contributed by atoms with van der Waals surface area (Å²) in [4.78, 5) is 3.08. The zero-order valence-corrected chi connectivity index (χ0v) is 7.29. The predicted molar refractivity (Wildman–Crippen MR) is 50.1 cm³/mol. The number of rotatable bonds is 0. The lowest BCUT2D eigenvalue weighted by molar-refractivity contribution is 1.33. The molecule has 2 aromatic rings. The van der Waals surface area contributed by atoms with E-state index in [4.69, 9.17) is 5.73 Å². The maximum atomic E-state index is 5.63. The minimum atomic E-state index is 0.780. The van der Waals surface area contributed by atoms with Crippen molar-refractivity contribution in [1.82, 2.24) is 7.76 Å². The number of aromatic amines is 1. The molecule has 0 unspecified atom stereocenters. The molecule has 0 amide bonds. The molecule has 0 fully saturated rings. The van der Waals surface area contributed by atoms with E-state index in [9.17, 15) is 0 Å². The number of hydrogen-bond donors (Lipinski definition) is 2. The van der Waals surface area contributed by atoms with Gasteiger partial charge < -0.3 is 10.7 Å². The van der Waals surface area contributed by atoms with E-state index < -0.39 is 0 Å². The number of halogens is 1. The number of nitrogens with one attached hydrogen (secondary N) is 1. The van der Waals surface area contributed by atoms with E-state index in [2.05, 4.69) is 27.8 Å². The van der Waals surface area contributed by atoms with Crippen molar-refractivity contribution >= 4 is 39.7 Å². The topological polar surface area (TPSA) is 46.7 Å². The van der Waals surface area contributed by atoms with Crippen molar-refractivity contribution in [1.29, 1.82) is 0 Å². The monoisotopic (exact) mass is 247 g/mol. The maximum Gasteiger partial charge on any atom is 0.128 e. The van der Waals surface area contributed by atoms with E-state index >= 15 is 0 Å². The molecule has 0 aliphatic carbocycles. The lowest BCUT2D eigenvalue weighted by Gasteiger charge is -1.90. The molecule has 2 heterocycles. The summed E-state index contributed by atoms with van der Waals surface area (Å²) in [7, 11) is 0. The average Bonchev–Trinajstić information content (AvgIpc) is 2.41. The largest absolute Gasteiger partial charge is 0.384 e. The van der Waals surface area contributed by atoms with Crippen LogP contribution in [-0.2, 0) is 0 Å². The highest BCUT2D eigenvalue weighted by Gasteiger charge is 2.02. The van der Waals surface area contributed by atoms with Crippen molar-refractivity contribution in [3.63, 3.8) is 0 Å². The molecule has 2 rings (SSSR count). The van der Waals surface area contributed by atoms with Gasteiger partial charge in [0.15, 0.2) is 0 Å². The molecule has 10 heavy (non-hydrogen) atoms. The Kier molecular flexibility index (Phi) is 1.17. The van der Waals surface area contributed by atoms with Crippen LogP contribution in [0.15, 0.2) is 18.3 Å². The molecule has 0 aliphatic rings. The highest BCUT2D eigenvalue weighted by molar-refractivity contribution is 14.1. The maximum absolute atomic E-state index is 5.63. The molecule has 2 aromatic heterocycles. The predicted octanol–water partition coefficient (Wildman–Crippen LogP) is 1.75. The molecule has 0 aromatic carbocycles. The Morgan fingerprint density at radius 2 is 2.40 bits per heavy atom. The Bertz CT molecular complexity index is 360. The van der Waals surface area contributed by atoms with Gasteiger partial charge in [0.2, 0.25) is 0 Å². The Labute approximate surface area is 71.7 Å². The van der Waals surface area contributed by atoms with Crippen LogP contribution in [0.3, 0.4) is 0 Å². The average molecular weight is 247 g/mol. The van der Waals surface area contributed by atoms with E-state index in [1.807, 2.05) is 21.1 Å². The molecular formula is C6H6IN3. The van der Waals surface area contributed by atoms with Gasteiger partial charge in [-0.25, -0.2) is 0 Å². The van der Waals surface area contributed by atoms with Crippen LogP contribution in [0.4, 0.5) is 5.82 Å². The highest BCUT2D eigenvalue weighted by atomic mass is 127. The molecule has 0 spiro atoms. The van der Waals surface area contributed by atoms with Crippen molar-refractivity contribution < 1.29 is 0 Å². The molecule has 0 aliphatic heterocycles. The van der Waals surface area contributed by atoms with Gasteiger partial charge >= 0.3 is 0 Å². The summed E-state index contributed by atoms with van der Waals surface area (Å²) in [5.74, 6) is 0.780. The van der Waals surface area contributed by atoms with Gasteiger partial charge in [0, 0.05) is 11.6 Å². The zero-order valence-electron chi connectivity index (χ0n) is 5.13. The van der Waals surface area contributed by atoms with E-state index in [-0.39, 0.29) is 0 Å². The first-order chi connectivity index (χ1) is 4.79. The first-order valence-corrected chi connectivity index (χ1v) is 3.86. The Hall–Kier alpha value is -0.650. The van der Waals surface area contributed by atoms with Crippen LogP contribution in [0.2, 0.25) is 0 Å². The Morgan fingerprint density at radius 1 is 1.60 bits per heavy atom. The second-order valence-electron chi connectivity index (χ2n) is 2.13. The number of hydrogen-bond acceptors (Lipinski definition) is 1. The molecule has 0 atom stereocenters. The Morgan fingerprint density at radius 3 is 3.10 bits per heavy atom. The quantitative estimate of drug-likeness (QED) is 0.684. The van der Waals surface area contributed by atoms with Gasteiger partial charge in [-0.05, 0) is 12.1 Å². The van der Waals surface area contributed by atoms with Crippen molar-refractivity contribution in [2.24, 2.45) is 0 Å². The third-order valence-corrected chi connectivity index (χ3v) is 2.52. The third-order valence-electron chi connectivity index (χ3n) is 1.48. The van der Waals surface area contributed by atoms with Crippen LogP contribution in [0, 0.1) is 0 Å². The van der Waals surface area contributed by atoms with E-state index in [0.29, 0.717) is 0 Å². The van der Waals surface area contributed by atoms with E-state index in [1.165, 1.54) is 0 Å². The van der Waals surface area contributed by atoms with Crippen molar-refractivity contribution in [3.8, 4) is 0 Å². The number of nitrogen functional groups attached to an aromatic ring is 1. The molecule has 0 radical (unpaired) electrons. The standard InChI is InChI=1S/C6H6IN3/c7-10-5(8)3-4-1-2-9-6(4)10/h1-3,9H,8H2. The van der Waals surface area contributed by atoms with Gasteiger partial charge in [0.05, 0.1) is 22.9 Å². The summed E-state index contributed by atoms with van der Waals surface area (Å²) in [6.07, 6.45) is 1.90. The Balaban J connectivity index is 2.95. The summed E-state index contributed by atoms with van der Waals surface area (Å²) in [6, 6.07) is 3.94. The molecule has 0 bridgehead atoms. The van der Waals surface area contributed by atoms with Gasteiger partial charge in [-0.3, -0.25) is 2.78 Å². The second kappa shape index (κ2) is 1.91. The van der Waals surface area contributed by atoms with Crippen LogP contribution in [-0.4, -0.2) is 7.76 Å². The van der Waals surface area contributed by atoms with Crippen LogP contribution in [0.5, 0.6) is 0 Å². The lowest BCUT2D eigenvalue weighted by atomic mass is 10.4. The molecule has 0 saturated carbocycles. The summed E-state index contributed by atoms with van der Waals surface area (Å²) in [5, 5.41) is 1.16. The SMILES string of the molecule is Nc1cc2cc[nH]c2n1I. The van der Waals surface area contributed by atoms with Crippen molar-refractivity contribution in [3.05, 3.63) is 18.3 Å². The van der Waals surface area contributed by atoms with Crippen molar-refractivity contribution in [2.45, 2.75) is 0 Å². The smallest absolute Gasteiger partial charge is 0.128 e. The number of fused-ring (bicyclic) bond motifs is 1. The number of nitrogens with two attached hydrogens (primary N) is 1. The van der Waals surface area contributed by atoms with Crippen LogP contribution in [0.1, 0.15) is 0 Å². The van der Waals surface area contributed by atoms with E-state index in [0.717, 1.165) is 16.9 Å². The summed E-state index contributed by atoms with van der Waals surface area (Å²) in [6.45, 7) is 0. The normalized spacial score (nSPS) is 10.9. The highest BCUT2D eigenvalue weighted by Crippen LogP contribution is 2.21. The lowest BCUT2D eigenvalue weighted by Crippen LogP contribution is -1.88. The summed E-state index contributed by atoms with van der Waals surface area (Å²) >= 11 is 2.15. The molecule has 3 N–H and O–H groups in total. The van der Waals surface area contributed by atoms with Crippen LogP contribution in [0.25, 0.3) is 11.0 Å². The molecule has 0 saturated heterocycles. The van der Waals surface area contributed by atoms with E-state index in [1.54, 1.807) is 0 Å². The zero-order chi connectivity index (χ0) is 7.14. The van der Waals surface area contributed by atoms with Gasteiger partial charge in [-0.15, -0.1) is 0 Å². The van der Waals surface area contributed by atoms with Gasteiger partial charge in [-0.2, -0.15) is 0 Å². The molecular weight excluding hydrogens is 241 g/mol. The summed E-state index contributed by atoms with van der Waals surface area (Å²) in [5.41, 5.74) is 6.70. The number of H-pyrrole nitrogens is 1. The second-order valence-corrected chi connectivity index (χ2v) is 3.10. The first kappa shape index (κ1) is 6.09. The fourth-order valence-electron chi connectivity index (χ4n) is 1.00. The fourth-order valence-corrected chi connectivity index (χ4v) is 1.56.